The lowest BCUT2D eigenvalue weighted by Crippen LogP contribution is -2.12. The van der Waals surface area contributed by atoms with E-state index in [1.165, 1.54) is 0 Å². The lowest BCUT2D eigenvalue weighted by atomic mass is 10.1. The molecule has 0 aliphatic heterocycles. The molecule has 0 saturated carbocycles. The van der Waals surface area contributed by atoms with E-state index in [0.29, 0.717) is 0 Å². The molecule has 1 aromatic carbocycles. The summed E-state index contributed by atoms with van der Waals surface area (Å²) in [7, 11) is 0. The fourth-order valence-corrected chi connectivity index (χ4v) is 1.86. The number of carbonyl (C=O) groups excluding carboxylic acids is 1. The molecule has 2 aromatic rings. The summed E-state index contributed by atoms with van der Waals surface area (Å²) in [6.45, 7) is 4.07. The van der Waals surface area contributed by atoms with Crippen LogP contribution in [0.15, 0.2) is 30.5 Å². The van der Waals surface area contributed by atoms with Gasteiger partial charge >= 0.3 is 5.97 Å². The Morgan fingerprint density at radius 3 is 2.53 bits per heavy atom. The molecular weight excluding hydrogens is 218 g/mol. The van der Waals surface area contributed by atoms with E-state index in [0.717, 1.165) is 10.9 Å². The second-order valence-electron chi connectivity index (χ2n) is 4.22. The zero-order chi connectivity index (χ0) is 12.6. The summed E-state index contributed by atoms with van der Waals surface area (Å²) in [5.74, 6) is -2.30. The first-order chi connectivity index (χ1) is 8.00. The number of nitrogens with zero attached hydrogens (tertiary/aromatic N) is 1. The summed E-state index contributed by atoms with van der Waals surface area (Å²) in [6, 6.07) is 7.16. The Morgan fingerprint density at radius 2 is 1.94 bits per heavy atom. The summed E-state index contributed by atoms with van der Waals surface area (Å²) >= 11 is 0. The van der Waals surface area contributed by atoms with Crippen molar-refractivity contribution in [3.8, 4) is 0 Å². The summed E-state index contributed by atoms with van der Waals surface area (Å²) in [5, 5.41) is 9.68. The second-order valence-corrected chi connectivity index (χ2v) is 4.22. The van der Waals surface area contributed by atoms with Crippen molar-refractivity contribution in [3.05, 3.63) is 36.0 Å². The van der Waals surface area contributed by atoms with Crippen molar-refractivity contribution in [1.82, 2.24) is 4.57 Å². The van der Waals surface area contributed by atoms with Gasteiger partial charge in [0, 0.05) is 23.3 Å². The first kappa shape index (κ1) is 11.4. The molecule has 0 aliphatic rings. The monoisotopic (exact) mass is 231 g/mol. The molecule has 2 rings (SSSR count). The number of aromatic nitrogens is 1. The van der Waals surface area contributed by atoms with Crippen LogP contribution in [0.4, 0.5) is 0 Å². The lowest BCUT2D eigenvalue weighted by Gasteiger charge is -2.09. The number of ketones is 1. The number of fused-ring (bicyclic) bond motifs is 1. The molecule has 0 radical (unpaired) electrons. The number of carboxylic acid groups (broad SMARTS) is 1. The molecule has 4 heteroatoms. The van der Waals surface area contributed by atoms with Gasteiger partial charge in [-0.05, 0) is 31.4 Å². The maximum atomic E-state index is 11.4. The molecule has 1 heterocycles. The Kier molecular flexibility index (Phi) is 2.71. The Hall–Kier alpha value is -2.10. The molecule has 0 spiro atoms. The molecular formula is C13H13NO3. The van der Waals surface area contributed by atoms with E-state index in [1.54, 1.807) is 18.2 Å². The minimum Gasteiger partial charge on any atom is -0.475 e. The van der Waals surface area contributed by atoms with Crippen LogP contribution >= 0.6 is 0 Å². The molecule has 0 atom stereocenters. The summed E-state index contributed by atoms with van der Waals surface area (Å²) in [4.78, 5) is 22.0. The summed E-state index contributed by atoms with van der Waals surface area (Å²) in [5.41, 5.74) is 1.10. The molecule has 0 bridgehead atoms. The Labute approximate surface area is 98.5 Å². The number of carbonyl (C=O) groups is 2. The van der Waals surface area contributed by atoms with E-state index in [9.17, 15) is 9.59 Å². The average molecular weight is 231 g/mol. The van der Waals surface area contributed by atoms with Crippen molar-refractivity contribution < 1.29 is 14.7 Å². The average Bonchev–Trinajstić information content (AvgIpc) is 2.70. The molecule has 0 aliphatic carbocycles. The van der Waals surface area contributed by atoms with E-state index < -0.39 is 11.8 Å². The van der Waals surface area contributed by atoms with Crippen LogP contribution in [0.2, 0.25) is 0 Å². The predicted molar refractivity (Wildman–Crippen MR) is 64.3 cm³/mol. The highest BCUT2D eigenvalue weighted by Crippen LogP contribution is 2.21. The smallest absolute Gasteiger partial charge is 0.377 e. The van der Waals surface area contributed by atoms with Crippen LogP contribution in [0.3, 0.4) is 0 Å². The van der Waals surface area contributed by atoms with Crippen molar-refractivity contribution in [3.63, 3.8) is 0 Å². The third-order valence-corrected chi connectivity index (χ3v) is 2.74. The molecule has 88 valence electrons. The van der Waals surface area contributed by atoms with Gasteiger partial charge in [0.1, 0.15) is 0 Å². The largest absolute Gasteiger partial charge is 0.475 e. The third kappa shape index (κ3) is 1.93. The van der Waals surface area contributed by atoms with Crippen molar-refractivity contribution in [2.24, 2.45) is 0 Å². The van der Waals surface area contributed by atoms with E-state index in [2.05, 4.69) is 0 Å². The summed E-state index contributed by atoms with van der Waals surface area (Å²) < 4.78 is 2.01. The van der Waals surface area contributed by atoms with Gasteiger partial charge in [-0.1, -0.05) is 12.1 Å². The number of Topliss-reactive ketones (excluding diaryl/α,β-unsaturated/α-hetero) is 1. The van der Waals surface area contributed by atoms with E-state index in [1.807, 2.05) is 30.7 Å². The van der Waals surface area contributed by atoms with Crippen LogP contribution in [0.25, 0.3) is 10.9 Å². The Bertz CT molecular complexity index is 596. The highest BCUT2D eigenvalue weighted by atomic mass is 16.4. The number of hydrogen-bond donors (Lipinski definition) is 1. The Morgan fingerprint density at radius 1 is 1.24 bits per heavy atom. The molecule has 0 fully saturated rings. The quantitative estimate of drug-likeness (QED) is 0.652. The van der Waals surface area contributed by atoms with E-state index in [-0.39, 0.29) is 11.6 Å². The number of benzene rings is 1. The fourth-order valence-electron chi connectivity index (χ4n) is 1.86. The van der Waals surface area contributed by atoms with Crippen LogP contribution in [-0.4, -0.2) is 21.4 Å². The molecule has 0 saturated heterocycles. The number of hydrogen-bond acceptors (Lipinski definition) is 2. The van der Waals surface area contributed by atoms with Gasteiger partial charge in [0.05, 0.1) is 0 Å². The molecule has 4 nitrogen and oxygen atoms in total. The molecule has 17 heavy (non-hydrogen) atoms. The number of aliphatic carboxylic acids is 1. The van der Waals surface area contributed by atoms with Crippen LogP contribution in [-0.2, 0) is 4.79 Å². The van der Waals surface area contributed by atoms with Crippen LogP contribution in [0.5, 0.6) is 0 Å². The first-order valence-corrected chi connectivity index (χ1v) is 5.39. The van der Waals surface area contributed by atoms with Gasteiger partial charge in [-0.3, -0.25) is 4.79 Å². The van der Waals surface area contributed by atoms with Gasteiger partial charge in [0.25, 0.3) is 5.78 Å². The van der Waals surface area contributed by atoms with Crippen molar-refractivity contribution >= 4 is 22.7 Å². The molecule has 0 unspecified atom stereocenters. The van der Waals surface area contributed by atoms with Gasteiger partial charge in [-0.15, -0.1) is 0 Å². The van der Waals surface area contributed by atoms with Crippen LogP contribution < -0.4 is 0 Å². The normalized spacial score (nSPS) is 11.0. The molecule has 0 amide bonds. The second kappa shape index (κ2) is 4.05. The minimum atomic E-state index is -1.42. The van der Waals surface area contributed by atoms with E-state index >= 15 is 0 Å². The van der Waals surface area contributed by atoms with Gasteiger partial charge in [-0.2, -0.15) is 0 Å². The van der Waals surface area contributed by atoms with Gasteiger partial charge in [-0.25, -0.2) is 4.79 Å². The highest BCUT2D eigenvalue weighted by Gasteiger charge is 2.15. The fraction of sp³-hybridized carbons (Fsp3) is 0.231. The first-order valence-electron chi connectivity index (χ1n) is 5.39. The minimum absolute atomic E-state index is 0.214. The lowest BCUT2D eigenvalue weighted by molar-refractivity contribution is -0.131. The van der Waals surface area contributed by atoms with Crippen molar-refractivity contribution in [2.45, 2.75) is 19.9 Å². The Balaban J connectivity index is 2.59. The zero-order valence-corrected chi connectivity index (χ0v) is 9.68. The number of carboxylic acids is 1. The number of rotatable bonds is 3. The molecule has 1 aromatic heterocycles. The topological polar surface area (TPSA) is 59.3 Å². The standard InChI is InChI=1S/C13H13NO3/c1-8(2)14-6-5-9-3-4-10(7-11(9)14)12(15)13(16)17/h3-8H,1-2H3,(H,16,17). The summed E-state index contributed by atoms with van der Waals surface area (Å²) in [6.07, 6.45) is 1.93. The van der Waals surface area contributed by atoms with E-state index in [4.69, 9.17) is 5.11 Å². The van der Waals surface area contributed by atoms with Crippen LogP contribution in [0, 0.1) is 0 Å². The maximum Gasteiger partial charge on any atom is 0.377 e. The predicted octanol–water partition coefficient (Wildman–Crippen LogP) is 2.49. The maximum absolute atomic E-state index is 11.4. The third-order valence-electron chi connectivity index (χ3n) is 2.74. The van der Waals surface area contributed by atoms with Gasteiger partial charge in [0.15, 0.2) is 0 Å². The van der Waals surface area contributed by atoms with Gasteiger partial charge in [0.2, 0.25) is 0 Å². The highest BCUT2D eigenvalue weighted by molar-refractivity contribution is 6.40. The van der Waals surface area contributed by atoms with Crippen molar-refractivity contribution in [2.75, 3.05) is 0 Å². The van der Waals surface area contributed by atoms with Gasteiger partial charge < -0.3 is 9.67 Å². The molecule has 1 N–H and O–H groups in total. The SMILES string of the molecule is CC(C)n1ccc2ccc(C(=O)C(=O)O)cc21. The zero-order valence-electron chi connectivity index (χ0n) is 9.68. The van der Waals surface area contributed by atoms with Crippen LogP contribution in [0.1, 0.15) is 30.2 Å². The van der Waals surface area contributed by atoms with Crippen molar-refractivity contribution in [1.29, 1.82) is 0 Å².